The molecule has 3 heteroatoms. The van der Waals surface area contributed by atoms with Crippen molar-refractivity contribution in [1.82, 2.24) is 5.32 Å². The van der Waals surface area contributed by atoms with E-state index in [2.05, 4.69) is 12.2 Å². The molecule has 1 atom stereocenters. The van der Waals surface area contributed by atoms with Crippen molar-refractivity contribution in [1.29, 1.82) is 0 Å². The molecule has 15 heavy (non-hydrogen) atoms. The number of fused-ring (bicyclic) bond motifs is 1. The van der Waals surface area contributed by atoms with E-state index >= 15 is 0 Å². The van der Waals surface area contributed by atoms with Gasteiger partial charge in [0.2, 0.25) is 0 Å². The van der Waals surface area contributed by atoms with E-state index in [4.69, 9.17) is 11.6 Å². The van der Waals surface area contributed by atoms with E-state index in [1.807, 2.05) is 13.0 Å². The fraction of sp³-hybridized carbons (Fsp3) is 0.417. The lowest BCUT2D eigenvalue weighted by atomic mass is 9.90. The van der Waals surface area contributed by atoms with Gasteiger partial charge < -0.3 is 5.32 Å². The molecule has 0 saturated heterocycles. The van der Waals surface area contributed by atoms with Crippen LogP contribution in [0.5, 0.6) is 0 Å². The van der Waals surface area contributed by atoms with Gasteiger partial charge in [0, 0.05) is 16.6 Å². The minimum absolute atomic E-state index is 0.00806. The van der Waals surface area contributed by atoms with E-state index in [0.29, 0.717) is 5.02 Å². The Kier molecular flexibility index (Phi) is 2.70. The number of benzene rings is 1. The van der Waals surface area contributed by atoms with Gasteiger partial charge >= 0.3 is 0 Å². The maximum atomic E-state index is 11.8. The van der Waals surface area contributed by atoms with Crippen molar-refractivity contribution in [2.24, 2.45) is 0 Å². The van der Waals surface area contributed by atoms with Gasteiger partial charge in [0.25, 0.3) is 5.91 Å². The van der Waals surface area contributed by atoms with Crippen molar-refractivity contribution in [3.05, 3.63) is 33.8 Å². The zero-order valence-corrected chi connectivity index (χ0v) is 9.69. The molecule has 1 amide bonds. The average molecular weight is 224 g/mol. The van der Waals surface area contributed by atoms with E-state index in [0.717, 1.165) is 29.5 Å². The fourth-order valence-corrected chi connectivity index (χ4v) is 2.33. The Hall–Kier alpha value is -1.02. The summed E-state index contributed by atoms with van der Waals surface area (Å²) in [5.74, 6) is 0.00806. The van der Waals surface area contributed by atoms with E-state index in [9.17, 15) is 4.79 Å². The molecule has 0 bridgehead atoms. The van der Waals surface area contributed by atoms with Crippen LogP contribution in [0.1, 0.15) is 34.8 Å². The normalized spacial score (nSPS) is 19.7. The Morgan fingerprint density at radius 1 is 1.53 bits per heavy atom. The molecule has 1 aliphatic heterocycles. The molecule has 0 spiro atoms. The minimum atomic E-state index is 0.00806. The van der Waals surface area contributed by atoms with Gasteiger partial charge in [-0.2, -0.15) is 0 Å². The van der Waals surface area contributed by atoms with Crippen LogP contribution in [0, 0.1) is 6.92 Å². The van der Waals surface area contributed by atoms with Crippen molar-refractivity contribution in [3.8, 4) is 0 Å². The Labute approximate surface area is 94.6 Å². The van der Waals surface area contributed by atoms with Gasteiger partial charge in [-0.15, -0.1) is 0 Å². The summed E-state index contributed by atoms with van der Waals surface area (Å²) in [6.07, 6.45) is 1.88. The molecule has 1 aromatic rings. The summed E-state index contributed by atoms with van der Waals surface area (Å²) in [6, 6.07) is 3.95. The first kappa shape index (κ1) is 10.5. The largest absolute Gasteiger partial charge is 0.349 e. The lowest BCUT2D eigenvalue weighted by Crippen LogP contribution is -2.41. The molecular formula is C12H14ClNO. The molecule has 0 radical (unpaired) electrons. The summed E-state index contributed by atoms with van der Waals surface area (Å²) in [5, 5.41) is 3.61. The molecule has 2 nitrogen and oxygen atoms in total. The molecule has 80 valence electrons. The Bertz CT molecular complexity index is 414. The second-order valence-electron chi connectivity index (χ2n) is 4.03. The molecule has 2 rings (SSSR count). The van der Waals surface area contributed by atoms with Crippen LogP contribution < -0.4 is 5.32 Å². The lowest BCUT2D eigenvalue weighted by molar-refractivity contribution is 0.0924. The molecule has 1 aromatic carbocycles. The van der Waals surface area contributed by atoms with Crippen molar-refractivity contribution in [2.75, 3.05) is 0 Å². The minimum Gasteiger partial charge on any atom is -0.349 e. The quantitative estimate of drug-likeness (QED) is 0.780. The van der Waals surface area contributed by atoms with E-state index in [1.54, 1.807) is 6.07 Å². The molecule has 1 aliphatic rings. The van der Waals surface area contributed by atoms with Gasteiger partial charge in [0.15, 0.2) is 0 Å². The van der Waals surface area contributed by atoms with Gasteiger partial charge in [0.05, 0.1) is 0 Å². The SMILES string of the molecule is CCC1Cc2c(C)cc(Cl)cc2C(=O)N1. The van der Waals surface area contributed by atoms with Crippen LogP contribution in [-0.4, -0.2) is 11.9 Å². The van der Waals surface area contributed by atoms with Gasteiger partial charge in [-0.25, -0.2) is 0 Å². The molecule has 0 fully saturated rings. The Morgan fingerprint density at radius 3 is 2.93 bits per heavy atom. The van der Waals surface area contributed by atoms with Crippen molar-refractivity contribution in [3.63, 3.8) is 0 Å². The van der Waals surface area contributed by atoms with Crippen molar-refractivity contribution >= 4 is 17.5 Å². The van der Waals surface area contributed by atoms with Crippen LogP contribution in [-0.2, 0) is 6.42 Å². The van der Waals surface area contributed by atoms with Crippen molar-refractivity contribution in [2.45, 2.75) is 32.7 Å². The first-order chi connectivity index (χ1) is 7.11. The predicted molar refractivity (Wildman–Crippen MR) is 61.4 cm³/mol. The Morgan fingerprint density at radius 2 is 2.27 bits per heavy atom. The van der Waals surface area contributed by atoms with Crippen LogP contribution in [0.25, 0.3) is 0 Å². The smallest absolute Gasteiger partial charge is 0.251 e. The number of nitrogens with one attached hydrogen (secondary N) is 1. The van der Waals surface area contributed by atoms with E-state index in [-0.39, 0.29) is 11.9 Å². The highest BCUT2D eigenvalue weighted by Gasteiger charge is 2.24. The number of halogens is 1. The summed E-state index contributed by atoms with van der Waals surface area (Å²) in [4.78, 5) is 11.8. The topological polar surface area (TPSA) is 29.1 Å². The van der Waals surface area contributed by atoms with Crippen LogP contribution in [0.15, 0.2) is 12.1 Å². The first-order valence-electron chi connectivity index (χ1n) is 5.21. The van der Waals surface area contributed by atoms with Crippen LogP contribution in [0.4, 0.5) is 0 Å². The maximum Gasteiger partial charge on any atom is 0.251 e. The molecule has 0 aliphatic carbocycles. The number of carbonyl (C=O) groups excluding carboxylic acids is 1. The second-order valence-corrected chi connectivity index (χ2v) is 4.47. The van der Waals surface area contributed by atoms with Crippen LogP contribution in [0.3, 0.4) is 0 Å². The van der Waals surface area contributed by atoms with Gasteiger partial charge in [0.1, 0.15) is 0 Å². The summed E-state index contributed by atoms with van der Waals surface area (Å²) in [7, 11) is 0. The van der Waals surface area contributed by atoms with Gasteiger partial charge in [-0.05, 0) is 43.0 Å². The zero-order chi connectivity index (χ0) is 11.0. The fourth-order valence-electron chi connectivity index (χ4n) is 2.05. The molecule has 1 unspecified atom stereocenters. The second kappa shape index (κ2) is 3.86. The third-order valence-electron chi connectivity index (χ3n) is 2.96. The van der Waals surface area contributed by atoms with E-state index < -0.39 is 0 Å². The van der Waals surface area contributed by atoms with Gasteiger partial charge in [-0.3, -0.25) is 4.79 Å². The molecule has 1 N–H and O–H groups in total. The highest BCUT2D eigenvalue weighted by molar-refractivity contribution is 6.31. The van der Waals surface area contributed by atoms with Crippen LogP contribution in [0.2, 0.25) is 5.02 Å². The van der Waals surface area contributed by atoms with E-state index in [1.165, 1.54) is 0 Å². The zero-order valence-electron chi connectivity index (χ0n) is 8.93. The molecule has 0 aromatic heterocycles. The first-order valence-corrected chi connectivity index (χ1v) is 5.59. The van der Waals surface area contributed by atoms with Gasteiger partial charge in [-0.1, -0.05) is 18.5 Å². The standard InChI is InChI=1S/C12H14ClNO/c1-3-9-6-10-7(2)4-8(13)5-11(10)12(15)14-9/h4-5,9H,3,6H2,1-2H3,(H,14,15). The number of carbonyl (C=O) groups is 1. The maximum absolute atomic E-state index is 11.8. The summed E-state index contributed by atoms with van der Waals surface area (Å²) >= 11 is 5.94. The predicted octanol–water partition coefficient (Wildman–Crippen LogP) is 2.71. The highest BCUT2D eigenvalue weighted by Crippen LogP contribution is 2.25. The number of hydrogen-bond acceptors (Lipinski definition) is 1. The summed E-state index contributed by atoms with van der Waals surface area (Å²) in [5.41, 5.74) is 3.01. The summed E-state index contributed by atoms with van der Waals surface area (Å²) in [6.45, 7) is 4.09. The third-order valence-corrected chi connectivity index (χ3v) is 3.18. The number of rotatable bonds is 1. The third kappa shape index (κ3) is 1.86. The van der Waals surface area contributed by atoms with Crippen LogP contribution >= 0.6 is 11.6 Å². The number of hydrogen-bond donors (Lipinski definition) is 1. The average Bonchev–Trinajstić information content (AvgIpc) is 2.19. The lowest BCUT2D eigenvalue weighted by Gasteiger charge is -2.26. The number of amides is 1. The molecule has 1 heterocycles. The number of aryl methyl sites for hydroxylation is 1. The molecule has 0 saturated carbocycles. The summed E-state index contributed by atoms with van der Waals surface area (Å²) < 4.78 is 0. The monoisotopic (exact) mass is 223 g/mol. The highest BCUT2D eigenvalue weighted by atomic mass is 35.5. The Balaban J connectivity index is 2.50. The van der Waals surface area contributed by atoms with Crippen molar-refractivity contribution < 1.29 is 4.79 Å². The molecular weight excluding hydrogens is 210 g/mol.